The molecule has 1 unspecified atom stereocenters. The molecule has 0 radical (unpaired) electrons. The molecule has 3 atom stereocenters. The van der Waals surface area contributed by atoms with Crippen LogP contribution in [-0.2, 0) is 16.1 Å². The van der Waals surface area contributed by atoms with Gasteiger partial charge in [-0.2, -0.15) is 0 Å². The summed E-state index contributed by atoms with van der Waals surface area (Å²) in [5.41, 5.74) is 0.471. The van der Waals surface area contributed by atoms with E-state index in [1.165, 1.54) is 0 Å². The minimum absolute atomic E-state index is 0.259. The van der Waals surface area contributed by atoms with Crippen LogP contribution in [0.1, 0.15) is 33.3 Å². The Hall–Kier alpha value is -1.11. The summed E-state index contributed by atoms with van der Waals surface area (Å²) in [6.07, 6.45) is -1.17. The van der Waals surface area contributed by atoms with Gasteiger partial charge in [0.15, 0.2) is 0 Å². The Morgan fingerprint density at radius 2 is 1.91 bits per heavy atom. The first-order valence-corrected chi connectivity index (χ1v) is 8.54. The fraction of sp³-hybridized carbons (Fsp3) is 0.588. The molecule has 0 heterocycles. The number of carbonyl (C=O) groups is 1. The highest BCUT2D eigenvalue weighted by Gasteiger charge is 2.27. The molecule has 0 bridgehead atoms. The molecule has 5 nitrogen and oxygen atoms in total. The molecule has 0 saturated heterocycles. The van der Waals surface area contributed by atoms with Gasteiger partial charge in [0, 0.05) is 0 Å². The molecule has 1 aromatic rings. The molecule has 130 valence electrons. The number of ether oxygens (including phenoxy) is 2. The Labute approximate surface area is 146 Å². The maximum Gasteiger partial charge on any atom is 0.407 e. The van der Waals surface area contributed by atoms with Crippen molar-refractivity contribution < 1.29 is 19.4 Å². The lowest BCUT2D eigenvalue weighted by Crippen LogP contribution is -2.49. The Morgan fingerprint density at radius 3 is 2.43 bits per heavy atom. The SMILES string of the molecule is CC(O)[C@@H](Br)[C@@H](COCc1ccccc1)NC(=O)OC(C)(C)C. The summed E-state index contributed by atoms with van der Waals surface area (Å²) in [7, 11) is 0. The van der Waals surface area contributed by atoms with Gasteiger partial charge in [0.25, 0.3) is 0 Å². The average Bonchev–Trinajstić information content (AvgIpc) is 2.44. The number of amides is 1. The number of aliphatic hydroxyl groups is 1. The number of hydrogen-bond acceptors (Lipinski definition) is 4. The quantitative estimate of drug-likeness (QED) is 0.704. The van der Waals surface area contributed by atoms with Crippen LogP contribution in [-0.4, -0.2) is 40.4 Å². The summed E-state index contributed by atoms with van der Waals surface area (Å²) < 4.78 is 10.9. The summed E-state index contributed by atoms with van der Waals surface area (Å²) in [4.78, 5) is 11.6. The molecule has 0 aliphatic carbocycles. The van der Waals surface area contributed by atoms with Crippen LogP contribution in [0.2, 0.25) is 0 Å². The molecule has 0 aromatic heterocycles. The molecule has 1 aromatic carbocycles. The molecule has 0 aliphatic heterocycles. The molecule has 0 aliphatic rings. The van der Waals surface area contributed by atoms with Crippen molar-refractivity contribution in [3.8, 4) is 0 Å². The molecule has 1 rings (SSSR count). The maximum atomic E-state index is 11.9. The number of alkyl carbamates (subject to hydrolysis) is 1. The van der Waals surface area contributed by atoms with Crippen molar-refractivity contribution in [1.29, 1.82) is 0 Å². The van der Waals surface area contributed by atoms with Crippen molar-refractivity contribution in [2.45, 2.75) is 56.9 Å². The number of aliphatic hydroxyl groups excluding tert-OH is 1. The predicted molar refractivity (Wildman–Crippen MR) is 93.7 cm³/mol. The van der Waals surface area contributed by atoms with Crippen LogP contribution in [0.25, 0.3) is 0 Å². The van der Waals surface area contributed by atoms with Crippen molar-refractivity contribution in [3.05, 3.63) is 35.9 Å². The highest BCUT2D eigenvalue weighted by molar-refractivity contribution is 9.09. The molecule has 6 heteroatoms. The number of nitrogens with one attached hydrogen (secondary N) is 1. The van der Waals surface area contributed by atoms with E-state index in [1.807, 2.05) is 30.3 Å². The fourth-order valence-corrected chi connectivity index (χ4v) is 2.17. The van der Waals surface area contributed by atoms with Crippen LogP contribution in [0.4, 0.5) is 4.79 Å². The fourth-order valence-electron chi connectivity index (χ4n) is 1.89. The lowest BCUT2D eigenvalue weighted by Gasteiger charge is -2.27. The van der Waals surface area contributed by atoms with Gasteiger partial charge >= 0.3 is 6.09 Å². The zero-order valence-electron chi connectivity index (χ0n) is 14.1. The molecule has 0 spiro atoms. The molecule has 0 saturated carbocycles. The van der Waals surface area contributed by atoms with Gasteiger partial charge in [0.05, 0.1) is 30.2 Å². The van der Waals surface area contributed by atoms with E-state index >= 15 is 0 Å². The van der Waals surface area contributed by atoms with E-state index < -0.39 is 23.8 Å². The molecular formula is C17H26BrNO4. The van der Waals surface area contributed by atoms with E-state index in [4.69, 9.17) is 9.47 Å². The second-order valence-electron chi connectivity index (χ2n) is 6.44. The van der Waals surface area contributed by atoms with E-state index in [0.29, 0.717) is 6.61 Å². The third-order valence-electron chi connectivity index (χ3n) is 2.96. The van der Waals surface area contributed by atoms with Crippen molar-refractivity contribution in [2.75, 3.05) is 6.61 Å². The number of carbonyl (C=O) groups excluding carboxylic acids is 1. The normalized spacial score (nSPS) is 15.6. The number of hydrogen-bond donors (Lipinski definition) is 2. The number of halogens is 1. The van der Waals surface area contributed by atoms with Gasteiger partial charge in [0.2, 0.25) is 0 Å². The monoisotopic (exact) mass is 387 g/mol. The Morgan fingerprint density at radius 1 is 1.30 bits per heavy atom. The van der Waals surface area contributed by atoms with E-state index in [2.05, 4.69) is 21.2 Å². The van der Waals surface area contributed by atoms with Crippen LogP contribution in [0.5, 0.6) is 0 Å². The molecule has 1 amide bonds. The minimum Gasteiger partial charge on any atom is -0.444 e. The average molecular weight is 388 g/mol. The highest BCUT2D eigenvalue weighted by atomic mass is 79.9. The Balaban J connectivity index is 2.57. The summed E-state index contributed by atoms with van der Waals surface area (Å²) in [6.45, 7) is 7.75. The van der Waals surface area contributed by atoms with Gasteiger partial charge in [-0.25, -0.2) is 4.79 Å². The van der Waals surface area contributed by atoms with E-state index in [0.717, 1.165) is 5.56 Å². The smallest absolute Gasteiger partial charge is 0.407 e. The summed E-state index contributed by atoms with van der Waals surface area (Å²) in [6, 6.07) is 9.36. The second kappa shape index (κ2) is 9.25. The maximum absolute atomic E-state index is 11.9. The van der Waals surface area contributed by atoms with Gasteiger partial charge < -0.3 is 19.9 Å². The minimum atomic E-state index is -0.643. The van der Waals surface area contributed by atoms with Gasteiger partial charge in [0.1, 0.15) is 5.60 Å². The molecule has 2 N–H and O–H groups in total. The van der Waals surface area contributed by atoms with Gasteiger partial charge in [-0.3, -0.25) is 0 Å². The van der Waals surface area contributed by atoms with Crippen LogP contribution in [0.3, 0.4) is 0 Å². The second-order valence-corrected chi connectivity index (χ2v) is 7.50. The zero-order valence-corrected chi connectivity index (χ0v) is 15.7. The summed E-state index contributed by atoms with van der Waals surface area (Å²) in [5.74, 6) is 0. The largest absolute Gasteiger partial charge is 0.444 e. The van der Waals surface area contributed by atoms with E-state index in [1.54, 1.807) is 27.7 Å². The number of alkyl halides is 1. The molecule has 0 fully saturated rings. The third-order valence-corrected chi connectivity index (χ3v) is 4.36. The van der Waals surface area contributed by atoms with Crippen LogP contribution in [0, 0.1) is 0 Å². The predicted octanol–water partition coefficient (Wildman–Crippen LogP) is 3.24. The van der Waals surface area contributed by atoms with Crippen LogP contribution in [0.15, 0.2) is 30.3 Å². The van der Waals surface area contributed by atoms with Gasteiger partial charge in [-0.1, -0.05) is 46.3 Å². The lowest BCUT2D eigenvalue weighted by molar-refractivity contribution is 0.0392. The van der Waals surface area contributed by atoms with Crippen LogP contribution >= 0.6 is 15.9 Å². The topological polar surface area (TPSA) is 67.8 Å². The first kappa shape index (κ1) is 19.9. The van der Waals surface area contributed by atoms with Crippen molar-refractivity contribution in [1.82, 2.24) is 5.32 Å². The van der Waals surface area contributed by atoms with E-state index in [-0.39, 0.29) is 11.4 Å². The van der Waals surface area contributed by atoms with Crippen molar-refractivity contribution in [2.24, 2.45) is 0 Å². The molecular weight excluding hydrogens is 362 g/mol. The standard InChI is InChI=1S/C17H26BrNO4/c1-12(20)15(18)14(19-16(21)23-17(2,3)4)11-22-10-13-8-6-5-7-9-13/h5-9,12,14-15,20H,10-11H2,1-4H3,(H,19,21)/t12?,14-,15-/m1/s1. The number of benzene rings is 1. The first-order chi connectivity index (χ1) is 10.7. The first-order valence-electron chi connectivity index (χ1n) is 7.62. The lowest BCUT2D eigenvalue weighted by atomic mass is 10.1. The highest BCUT2D eigenvalue weighted by Crippen LogP contribution is 2.14. The Kier molecular flexibility index (Phi) is 8.02. The van der Waals surface area contributed by atoms with Gasteiger partial charge in [-0.15, -0.1) is 0 Å². The summed E-state index contributed by atoms with van der Waals surface area (Å²) >= 11 is 3.40. The number of rotatable bonds is 7. The van der Waals surface area contributed by atoms with Gasteiger partial charge in [-0.05, 0) is 33.3 Å². The zero-order chi connectivity index (χ0) is 17.5. The van der Waals surface area contributed by atoms with Crippen molar-refractivity contribution >= 4 is 22.0 Å². The van der Waals surface area contributed by atoms with E-state index in [9.17, 15) is 9.90 Å². The Bertz CT molecular complexity index is 473. The van der Waals surface area contributed by atoms with Crippen molar-refractivity contribution in [3.63, 3.8) is 0 Å². The summed E-state index contributed by atoms with van der Waals surface area (Å²) in [5, 5.41) is 12.5. The third kappa shape index (κ3) is 8.34. The molecule has 23 heavy (non-hydrogen) atoms. The van der Waals surface area contributed by atoms with Crippen LogP contribution < -0.4 is 5.32 Å².